The topological polar surface area (TPSA) is 80.9 Å². The zero-order chi connectivity index (χ0) is 13.1. The number of nitrogens with one attached hydrogen (secondary N) is 1. The van der Waals surface area contributed by atoms with Crippen LogP contribution in [0.15, 0.2) is 6.07 Å². The van der Waals surface area contributed by atoms with Crippen LogP contribution in [0.4, 0.5) is 5.82 Å². The van der Waals surface area contributed by atoms with Crippen LogP contribution < -0.4 is 11.1 Å². The molecule has 5 nitrogen and oxygen atoms in total. The molecule has 0 saturated heterocycles. The maximum atomic E-state index is 11.2. The van der Waals surface area contributed by atoms with Gasteiger partial charge < -0.3 is 11.1 Å². The smallest absolute Gasteiger partial charge is 0.224 e. The first-order valence-electron chi connectivity index (χ1n) is 5.42. The van der Waals surface area contributed by atoms with Crippen molar-refractivity contribution in [1.29, 1.82) is 0 Å². The average Bonchev–Trinajstić information content (AvgIpc) is 2.25. The van der Waals surface area contributed by atoms with Gasteiger partial charge in [0.15, 0.2) is 0 Å². The van der Waals surface area contributed by atoms with Crippen LogP contribution in [0.2, 0.25) is 5.15 Å². The van der Waals surface area contributed by atoms with Crippen LogP contribution in [-0.4, -0.2) is 22.4 Å². The van der Waals surface area contributed by atoms with Crippen LogP contribution in [0.25, 0.3) is 0 Å². The van der Waals surface area contributed by atoms with E-state index in [1.807, 2.05) is 6.92 Å². The van der Waals surface area contributed by atoms with Crippen molar-refractivity contribution in [3.8, 4) is 0 Å². The molecule has 3 N–H and O–H groups in total. The van der Waals surface area contributed by atoms with Crippen LogP contribution >= 0.6 is 11.6 Å². The van der Waals surface area contributed by atoms with Gasteiger partial charge in [0.2, 0.25) is 5.91 Å². The fourth-order valence-electron chi connectivity index (χ4n) is 1.11. The molecule has 1 amide bonds. The highest BCUT2D eigenvalue weighted by atomic mass is 35.5. The number of amides is 1. The molecule has 94 valence electrons. The van der Waals surface area contributed by atoms with Gasteiger partial charge in [-0.15, -0.1) is 0 Å². The molecule has 0 aliphatic rings. The second kappa shape index (κ2) is 5.31. The third-order valence-corrected chi connectivity index (χ3v) is 2.63. The van der Waals surface area contributed by atoms with E-state index in [0.717, 1.165) is 0 Å². The zero-order valence-corrected chi connectivity index (χ0v) is 11.0. The van der Waals surface area contributed by atoms with Gasteiger partial charge in [-0.25, -0.2) is 9.97 Å². The normalized spacial score (nSPS) is 11.3. The number of carbonyl (C=O) groups excluding carboxylic acids is 1. The molecule has 0 unspecified atom stereocenters. The minimum Gasteiger partial charge on any atom is -0.369 e. The standard InChI is InChI=1S/C11H17ClN4O/c1-4-8-15-7(12)5-9(16-8)14-6-11(2,3)10(13)17/h5H,4,6H2,1-3H3,(H2,13,17)(H,14,15,16). The largest absolute Gasteiger partial charge is 0.369 e. The Kier molecular flexibility index (Phi) is 4.28. The predicted octanol–water partition coefficient (Wildman–Crippen LogP) is 1.62. The van der Waals surface area contributed by atoms with Crippen molar-refractivity contribution in [1.82, 2.24) is 9.97 Å². The summed E-state index contributed by atoms with van der Waals surface area (Å²) in [7, 11) is 0. The zero-order valence-electron chi connectivity index (χ0n) is 10.2. The Balaban J connectivity index is 2.76. The molecular weight excluding hydrogens is 240 g/mol. The van der Waals surface area contributed by atoms with E-state index in [1.165, 1.54) is 0 Å². The van der Waals surface area contributed by atoms with E-state index in [4.69, 9.17) is 17.3 Å². The average molecular weight is 257 g/mol. The third-order valence-electron chi connectivity index (χ3n) is 2.44. The lowest BCUT2D eigenvalue weighted by molar-refractivity contribution is -0.125. The highest BCUT2D eigenvalue weighted by Gasteiger charge is 2.24. The van der Waals surface area contributed by atoms with Crippen LogP contribution in [0.1, 0.15) is 26.6 Å². The highest BCUT2D eigenvalue weighted by molar-refractivity contribution is 6.29. The molecule has 1 aromatic rings. The molecule has 0 aromatic carbocycles. The van der Waals surface area contributed by atoms with Gasteiger partial charge in [0, 0.05) is 19.0 Å². The van der Waals surface area contributed by atoms with E-state index in [-0.39, 0.29) is 5.91 Å². The Hall–Kier alpha value is -1.36. The van der Waals surface area contributed by atoms with Crippen molar-refractivity contribution in [3.05, 3.63) is 17.0 Å². The van der Waals surface area contributed by atoms with Crippen LogP contribution in [-0.2, 0) is 11.2 Å². The third kappa shape index (κ3) is 3.85. The first-order chi connectivity index (χ1) is 7.85. The number of hydrogen-bond acceptors (Lipinski definition) is 4. The molecule has 0 radical (unpaired) electrons. The first-order valence-corrected chi connectivity index (χ1v) is 5.80. The van der Waals surface area contributed by atoms with Gasteiger partial charge in [-0.1, -0.05) is 18.5 Å². The SMILES string of the molecule is CCc1nc(Cl)cc(NCC(C)(C)C(N)=O)n1. The molecule has 0 saturated carbocycles. The molecule has 0 aliphatic carbocycles. The Morgan fingerprint density at radius 3 is 2.71 bits per heavy atom. The van der Waals surface area contributed by atoms with E-state index in [0.29, 0.717) is 29.8 Å². The van der Waals surface area contributed by atoms with Crippen molar-refractivity contribution in [3.63, 3.8) is 0 Å². The number of anilines is 1. The maximum absolute atomic E-state index is 11.2. The first kappa shape index (κ1) is 13.7. The quantitative estimate of drug-likeness (QED) is 0.785. The summed E-state index contributed by atoms with van der Waals surface area (Å²) < 4.78 is 0. The highest BCUT2D eigenvalue weighted by Crippen LogP contribution is 2.17. The molecule has 6 heteroatoms. The van der Waals surface area contributed by atoms with Gasteiger partial charge >= 0.3 is 0 Å². The van der Waals surface area contributed by atoms with E-state index < -0.39 is 5.41 Å². The number of aromatic nitrogens is 2. The Morgan fingerprint density at radius 1 is 1.53 bits per heavy atom. The van der Waals surface area contributed by atoms with E-state index in [9.17, 15) is 4.79 Å². The number of aryl methyl sites for hydroxylation is 1. The molecule has 1 heterocycles. The lowest BCUT2D eigenvalue weighted by atomic mass is 9.93. The van der Waals surface area contributed by atoms with Crippen molar-refractivity contribution in [2.75, 3.05) is 11.9 Å². The number of rotatable bonds is 5. The van der Waals surface area contributed by atoms with Crippen molar-refractivity contribution < 1.29 is 4.79 Å². The minimum absolute atomic E-state index is 0.360. The molecule has 1 aromatic heterocycles. The van der Waals surface area contributed by atoms with Gasteiger partial charge in [0.1, 0.15) is 16.8 Å². The van der Waals surface area contributed by atoms with Crippen LogP contribution in [0.3, 0.4) is 0 Å². The molecular formula is C11H17ClN4O. The molecule has 0 aliphatic heterocycles. The summed E-state index contributed by atoms with van der Waals surface area (Å²) in [6, 6.07) is 1.62. The molecule has 0 fully saturated rings. The van der Waals surface area contributed by atoms with E-state index in [2.05, 4.69) is 15.3 Å². The monoisotopic (exact) mass is 256 g/mol. The van der Waals surface area contributed by atoms with Crippen LogP contribution in [0.5, 0.6) is 0 Å². The Morgan fingerprint density at radius 2 is 2.18 bits per heavy atom. The fraction of sp³-hybridized carbons (Fsp3) is 0.545. The van der Waals surface area contributed by atoms with Crippen molar-refractivity contribution in [2.45, 2.75) is 27.2 Å². The maximum Gasteiger partial charge on any atom is 0.224 e. The minimum atomic E-state index is -0.635. The second-order valence-electron chi connectivity index (χ2n) is 4.45. The fourth-order valence-corrected chi connectivity index (χ4v) is 1.31. The Bertz CT molecular complexity index is 420. The summed E-state index contributed by atoms with van der Waals surface area (Å²) in [6.07, 6.45) is 0.703. The van der Waals surface area contributed by atoms with Crippen LogP contribution in [0, 0.1) is 5.41 Å². The number of carbonyl (C=O) groups is 1. The molecule has 1 rings (SSSR count). The van der Waals surface area contributed by atoms with Crippen molar-refractivity contribution in [2.24, 2.45) is 11.1 Å². The lowest BCUT2D eigenvalue weighted by Gasteiger charge is -2.21. The molecule has 17 heavy (non-hydrogen) atoms. The molecule has 0 spiro atoms. The molecule has 0 atom stereocenters. The summed E-state index contributed by atoms with van der Waals surface area (Å²) in [5.74, 6) is 0.911. The number of nitrogens with zero attached hydrogens (tertiary/aromatic N) is 2. The van der Waals surface area contributed by atoms with E-state index in [1.54, 1.807) is 19.9 Å². The number of nitrogens with two attached hydrogens (primary N) is 1. The van der Waals surface area contributed by atoms with Gasteiger partial charge in [-0.2, -0.15) is 0 Å². The number of halogens is 1. The predicted molar refractivity (Wildman–Crippen MR) is 67.9 cm³/mol. The summed E-state index contributed by atoms with van der Waals surface area (Å²) in [5, 5.41) is 3.43. The number of primary amides is 1. The second-order valence-corrected chi connectivity index (χ2v) is 4.83. The Labute approximate surface area is 106 Å². The van der Waals surface area contributed by atoms with Gasteiger partial charge in [-0.3, -0.25) is 4.79 Å². The molecule has 0 bridgehead atoms. The number of hydrogen-bond donors (Lipinski definition) is 2. The summed E-state index contributed by atoms with van der Waals surface area (Å²) in [5.41, 5.74) is 4.65. The van der Waals surface area contributed by atoms with Gasteiger partial charge in [0.05, 0.1) is 5.41 Å². The summed E-state index contributed by atoms with van der Waals surface area (Å²) in [6.45, 7) is 5.89. The van der Waals surface area contributed by atoms with Gasteiger partial charge in [0.25, 0.3) is 0 Å². The summed E-state index contributed by atoms with van der Waals surface area (Å²) in [4.78, 5) is 19.5. The summed E-state index contributed by atoms with van der Waals surface area (Å²) >= 11 is 5.86. The van der Waals surface area contributed by atoms with Gasteiger partial charge in [-0.05, 0) is 13.8 Å². The van der Waals surface area contributed by atoms with E-state index >= 15 is 0 Å². The van der Waals surface area contributed by atoms with Crippen molar-refractivity contribution >= 4 is 23.3 Å². The lowest BCUT2D eigenvalue weighted by Crippen LogP contribution is -2.37.